The van der Waals surface area contributed by atoms with Crippen LogP contribution in [0.2, 0.25) is 0 Å². The third kappa shape index (κ3) is 3.37. The highest BCUT2D eigenvalue weighted by Crippen LogP contribution is 2.21. The predicted octanol–water partition coefficient (Wildman–Crippen LogP) is 3.67. The highest BCUT2D eigenvalue weighted by molar-refractivity contribution is 5.85. The number of halogens is 1. The second-order valence-corrected chi connectivity index (χ2v) is 5.24. The lowest BCUT2D eigenvalue weighted by Crippen LogP contribution is -2.28. The van der Waals surface area contributed by atoms with E-state index in [4.69, 9.17) is 0 Å². The second-order valence-electron chi connectivity index (χ2n) is 5.24. The summed E-state index contributed by atoms with van der Waals surface area (Å²) in [7, 11) is 0. The summed E-state index contributed by atoms with van der Waals surface area (Å²) in [5.41, 5.74) is 5.74. The van der Waals surface area contributed by atoms with Crippen molar-refractivity contribution in [3.05, 3.63) is 70.8 Å². The van der Waals surface area contributed by atoms with Crippen LogP contribution in [0.15, 0.2) is 48.5 Å². The van der Waals surface area contributed by atoms with E-state index in [2.05, 4.69) is 60.8 Å². The Morgan fingerprint density at radius 2 is 1.68 bits per heavy atom. The van der Waals surface area contributed by atoms with Crippen molar-refractivity contribution < 1.29 is 0 Å². The van der Waals surface area contributed by atoms with Gasteiger partial charge in [0.25, 0.3) is 0 Å². The molecule has 3 rings (SSSR count). The van der Waals surface area contributed by atoms with Crippen LogP contribution < -0.4 is 5.32 Å². The largest absolute Gasteiger partial charge is 0.309 e. The average molecular weight is 274 g/mol. The van der Waals surface area contributed by atoms with Crippen molar-refractivity contribution in [2.24, 2.45) is 0 Å². The highest BCUT2D eigenvalue weighted by Gasteiger charge is 2.19. The van der Waals surface area contributed by atoms with Crippen molar-refractivity contribution in [2.45, 2.75) is 32.4 Å². The molecule has 0 spiro atoms. The molecule has 0 atom stereocenters. The van der Waals surface area contributed by atoms with Gasteiger partial charge >= 0.3 is 0 Å². The van der Waals surface area contributed by atoms with Crippen LogP contribution >= 0.6 is 12.4 Å². The first-order chi connectivity index (χ1) is 8.81. The van der Waals surface area contributed by atoms with Crippen LogP contribution in [0.5, 0.6) is 0 Å². The minimum Gasteiger partial charge on any atom is -0.309 e. The van der Waals surface area contributed by atoms with Gasteiger partial charge < -0.3 is 5.32 Å². The van der Waals surface area contributed by atoms with Crippen LogP contribution in [0.4, 0.5) is 0 Å². The normalized spacial score (nSPS) is 13.9. The number of hydrogen-bond donors (Lipinski definition) is 1. The Morgan fingerprint density at radius 1 is 1.00 bits per heavy atom. The molecule has 0 saturated carbocycles. The lowest BCUT2D eigenvalue weighted by Gasteiger charge is -2.12. The van der Waals surface area contributed by atoms with E-state index in [0.29, 0.717) is 6.04 Å². The molecule has 1 aliphatic carbocycles. The van der Waals surface area contributed by atoms with E-state index < -0.39 is 0 Å². The third-order valence-electron chi connectivity index (χ3n) is 3.73. The standard InChI is InChI=1S/C17H19N.ClH/c1-13-5-4-6-14(9-13)12-18-17-10-15-7-2-3-8-16(15)11-17;/h2-9,17-18H,10-12H2,1H3;1H. The first-order valence-corrected chi connectivity index (χ1v) is 6.67. The van der Waals surface area contributed by atoms with Gasteiger partial charge in [-0.25, -0.2) is 0 Å². The zero-order valence-corrected chi connectivity index (χ0v) is 12.0. The maximum absolute atomic E-state index is 3.67. The SMILES string of the molecule is Cc1cccc(CNC2Cc3ccccc3C2)c1.Cl. The Balaban J connectivity index is 0.00000133. The summed E-state index contributed by atoms with van der Waals surface area (Å²) in [6, 6.07) is 18.1. The van der Waals surface area contributed by atoms with Crippen molar-refractivity contribution in [2.75, 3.05) is 0 Å². The summed E-state index contributed by atoms with van der Waals surface area (Å²) in [5, 5.41) is 3.67. The van der Waals surface area contributed by atoms with Gasteiger partial charge in [0, 0.05) is 12.6 Å². The Labute approximate surface area is 121 Å². The maximum atomic E-state index is 3.67. The molecule has 0 aromatic heterocycles. The van der Waals surface area contributed by atoms with Gasteiger partial charge in [0.15, 0.2) is 0 Å². The summed E-state index contributed by atoms with van der Waals surface area (Å²) in [6.07, 6.45) is 2.34. The highest BCUT2D eigenvalue weighted by atomic mass is 35.5. The van der Waals surface area contributed by atoms with Crippen LogP contribution in [0.25, 0.3) is 0 Å². The lowest BCUT2D eigenvalue weighted by molar-refractivity contribution is 0.533. The van der Waals surface area contributed by atoms with Crippen LogP contribution in [0.1, 0.15) is 22.3 Å². The predicted molar refractivity (Wildman–Crippen MR) is 82.9 cm³/mol. The number of fused-ring (bicyclic) bond motifs is 1. The molecule has 1 nitrogen and oxygen atoms in total. The van der Waals surface area contributed by atoms with Gasteiger partial charge in [-0.05, 0) is 36.5 Å². The maximum Gasteiger partial charge on any atom is 0.0208 e. The van der Waals surface area contributed by atoms with Gasteiger partial charge in [-0.15, -0.1) is 12.4 Å². The molecule has 0 unspecified atom stereocenters. The zero-order valence-electron chi connectivity index (χ0n) is 11.2. The molecule has 0 saturated heterocycles. The zero-order chi connectivity index (χ0) is 12.4. The van der Waals surface area contributed by atoms with Crippen LogP contribution in [-0.2, 0) is 19.4 Å². The molecule has 0 radical (unpaired) electrons. The Kier molecular flexibility index (Phi) is 4.62. The van der Waals surface area contributed by atoms with Gasteiger partial charge in [0.1, 0.15) is 0 Å². The van der Waals surface area contributed by atoms with E-state index in [1.165, 1.54) is 35.1 Å². The lowest BCUT2D eigenvalue weighted by atomic mass is 10.1. The average Bonchev–Trinajstić information content (AvgIpc) is 2.79. The van der Waals surface area contributed by atoms with Crippen molar-refractivity contribution in [1.82, 2.24) is 5.32 Å². The molecule has 2 aromatic carbocycles. The smallest absolute Gasteiger partial charge is 0.0208 e. The fraction of sp³-hybridized carbons (Fsp3) is 0.294. The Morgan fingerprint density at radius 3 is 2.32 bits per heavy atom. The summed E-state index contributed by atoms with van der Waals surface area (Å²) >= 11 is 0. The van der Waals surface area contributed by atoms with Crippen LogP contribution in [0.3, 0.4) is 0 Å². The van der Waals surface area contributed by atoms with E-state index in [1.54, 1.807) is 0 Å². The number of hydrogen-bond acceptors (Lipinski definition) is 1. The minimum atomic E-state index is 0. The number of rotatable bonds is 3. The number of nitrogens with one attached hydrogen (secondary N) is 1. The fourth-order valence-corrected chi connectivity index (χ4v) is 2.79. The molecule has 100 valence electrons. The number of benzene rings is 2. The first-order valence-electron chi connectivity index (χ1n) is 6.67. The van der Waals surface area contributed by atoms with E-state index in [9.17, 15) is 0 Å². The van der Waals surface area contributed by atoms with Gasteiger partial charge in [0.05, 0.1) is 0 Å². The molecule has 0 amide bonds. The molecule has 2 heteroatoms. The molecular formula is C17H20ClN. The van der Waals surface area contributed by atoms with Gasteiger partial charge in [-0.1, -0.05) is 54.1 Å². The summed E-state index contributed by atoms with van der Waals surface area (Å²) in [6.45, 7) is 3.12. The van der Waals surface area contributed by atoms with Gasteiger partial charge in [0.2, 0.25) is 0 Å². The molecular weight excluding hydrogens is 254 g/mol. The minimum absolute atomic E-state index is 0. The van der Waals surface area contributed by atoms with Crippen LogP contribution in [0, 0.1) is 6.92 Å². The van der Waals surface area contributed by atoms with Crippen molar-refractivity contribution in [3.63, 3.8) is 0 Å². The van der Waals surface area contributed by atoms with E-state index in [0.717, 1.165) is 6.54 Å². The monoisotopic (exact) mass is 273 g/mol. The van der Waals surface area contributed by atoms with Gasteiger partial charge in [-0.3, -0.25) is 0 Å². The number of aryl methyl sites for hydroxylation is 1. The molecule has 1 N–H and O–H groups in total. The first kappa shape index (κ1) is 14.1. The van der Waals surface area contributed by atoms with Crippen molar-refractivity contribution in [1.29, 1.82) is 0 Å². The molecule has 0 fully saturated rings. The molecule has 2 aromatic rings. The molecule has 0 heterocycles. The summed E-state index contributed by atoms with van der Waals surface area (Å²) < 4.78 is 0. The topological polar surface area (TPSA) is 12.0 Å². The van der Waals surface area contributed by atoms with Crippen LogP contribution in [-0.4, -0.2) is 6.04 Å². The molecule has 0 bridgehead atoms. The summed E-state index contributed by atoms with van der Waals surface area (Å²) in [5.74, 6) is 0. The fourth-order valence-electron chi connectivity index (χ4n) is 2.79. The molecule has 0 aliphatic heterocycles. The van der Waals surface area contributed by atoms with Crippen molar-refractivity contribution >= 4 is 12.4 Å². The molecule has 19 heavy (non-hydrogen) atoms. The Bertz CT molecular complexity index is 525. The third-order valence-corrected chi connectivity index (χ3v) is 3.73. The summed E-state index contributed by atoms with van der Waals surface area (Å²) in [4.78, 5) is 0. The van der Waals surface area contributed by atoms with Crippen molar-refractivity contribution in [3.8, 4) is 0 Å². The Hall–Kier alpha value is -1.31. The van der Waals surface area contributed by atoms with E-state index >= 15 is 0 Å². The van der Waals surface area contributed by atoms with Gasteiger partial charge in [-0.2, -0.15) is 0 Å². The molecule has 1 aliphatic rings. The van der Waals surface area contributed by atoms with E-state index in [-0.39, 0.29) is 12.4 Å². The van der Waals surface area contributed by atoms with E-state index in [1.807, 2.05) is 0 Å². The quantitative estimate of drug-likeness (QED) is 0.900. The second kappa shape index (κ2) is 6.23.